The Hall–Kier alpha value is -0.770. The maximum atomic E-state index is 5.26. The van der Waals surface area contributed by atoms with E-state index < -0.39 is 0 Å². The van der Waals surface area contributed by atoms with Crippen LogP contribution in [0.3, 0.4) is 0 Å². The van der Waals surface area contributed by atoms with E-state index in [1.165, 1.54) is 0 Å². The average Bonchev–Trinajstić information content (AvgIpc) is 2.47. The summed E-state index contributed by atoms with van der Waals surface area (Å²) >= 11 is 0. The molecule has 4 heteroatoms. The summed E-state index contributed by atoms with van der Waals surface area (Å²) in [6, 6.07) is 0. The van der Waals surface area contributed by atoms with Crippen LogP contribution in [0.2, 0.25) is 0 Å². The zero-order valence-corrected chi connectivity index (χ0v) is 9.23. The molecule has 1 atom stereocenters. The molecule has 1 saturated heterocycles. The van der Waals surface area contributed by atoms with Crippen LogP contribution in [-0.4, -0.2) is 48.5 Å². The molecule has 0 aromatic heterocycles. The second kappa shape index (κ2) is 3.42. The Morgan fingerprint density at radius 2 is 2.21 bits per heavy atom. The van der Waals surface area contributed by atoms with E-state index in [0.717, 1.165) is 26.2 Å². The van der Waals surface area contributed by atoms with Gasteiger partial charge in [0.1, 0.15) is 6.34 Å². The van der Waals surface area contributed by atoms with E-state index in [2.05, 4.69) is 35.7 Å². The van der Waals surface area contributed by atoms with Gasteiger partial charge in [0.15, 0.2) is 0 Å². The van der Waals surface area contributed by atoms with Crippen molar-refractivity contribution in [2.24, 2.45) is 10.6 Å². The molecule has 0 saturated carbocycles. The lowest BCUT2D eigenvalue weighted by Gasteiger charge is -2.38. The average molecular weight is 197 g/mol. The van der Waals surface area contributed by atoms with Crippen LogP contribution < -0.4 is 0 Å². The van der Waals surface area contributed by atoms with E-state index in [4.69, 9.17) is 4.84 Å². The van der Waals surface area contributed by atoms with Crippen LogP contribution in [0.1, 0.15) is 20.8 Å². The minimum absolute atomic E-state index is 0.158. The van der Waals surface area contributed by atoms with Crippen LogP contribution in [0.4, 0.5) is 0 Å². The van der Waals surface area contributed by atoms with Crippen molar-refractivity contribution < 1.29 is 4.84 Å². The molecule has 0 spiro atoms. The Morgan fingerprint density at radius 1 is 1.43 bits per heavy atom. The van der Waals surface area contributed by atoms with E-state index in [1.807, 2.05) is 0 Å². The number of hydrogen-bond donors (Lipinski definition) is 0. The van der Waals surface area contributed by atoms with Crippen molar-refractivity contribution in [3.8, 4) is 0 Å². The zero-order chi connectivity index (χ0) is 10.2. The van der Waals surface area contributed by atoms with Crippen molar-refractivity contribution in [3.05, 3.63) is 0 Å². The predicted molar refractivity (Wildman–Crippen MR) is 56.0 cm³/mol. The quantitative estimate of drug-likeness (QED) is 0.626. The van der Waals surface area contributed by atoms with Gasteiger partial charge in [0.05, 0.1) is 6.54 Å². The van der Waals surface area contributed by atoms with Gasteiger partial charge in [-0.1, -0.05) is 25.9 Å². The predicted octanol–water partition coefficient (Wildman–Crippen LogP) is 0.950. The molecule has 2 aliphatic heterocycles. The highest BCUT2D eigenvalue weighted by atomic mass is 16.7. The van der Waals surface area contributed by atoms with Crippen molar-refractivity contribution in [1.29, 1.82) is 0 Å². The van der Waals surface area contributed by atoms with Crippen molar-refractivity contribution in [2.75, 3.05) is 26.2 Å². The van der Waals surface area contributed by atoms with Crippen LogP contribution in [0.25, 0.3) is 0 Å². The Bertz CT molecular complexity index is 234. The van der Waals surface area contributed by atoms with Crippen LogP contribution in [0, 0.1) is 5.41 Å². The minimum atomic E-state index is 0.158. The number of piperazine rings is 1. The topological polar surface area (TPSA) is 28.1 Å². The lowest BCUT2D eigenvalue weighted by atomic mass is 9.96. The summed E-state index contributed by atoms with van der Waals surface area (Å²) in [6.07, 6.45) is 1.96. The van der Waals surface area contributed by atoms with Gasteiger partial charge in [-0.25, -0.2) is 0 Å². The molecule has 0 aromatic rings. The second-order valence-electron chi connectivity index (χ2n) is 5.31. The Kier molecular flexibility index (Phi) is 2.39. The van der Waals surface area contributed by atoms with Gasteiger partial charge in [0.2, 0.25) is 6.23 Å². The third kappa shape index (κ3) is 2.18. The van der Waals surface area contributed by atoms with Gasteiger partial charge in [0.25, 0.3) is 0 Å². The molecule has 2 aliphatic rings. The summed E-state index contributed by atoms with van der Waals surface area (Å²) in [4.78, 5) is 9.88. The molecular formula is C10H19N3O. The second-order valence-corrected chi connectivity index (χ2v) is 5.31. The monoisotopic (exact) mass is 197 g/mol. The summed E-state index contributed by atoms with van der Waals surface area (Å²) in [5, 5.41) is 3.83. The highest BCUT2D eigenvalue weighted by Crippen LogP contribution is 2.20. The molecule has 1 fully saturated rings. The van der Waals surface area contributed by atoms with E-state index in [-0.39, 0.29) is 6.23 Å². The van der Waals surface area contributed by atoms with Gasteiger partial charge in [-0.15, -0.1) is 0 Å². The van der Waals surface area contributed by atoms with Gasteiger partial charge in [-0.05, 0) is 5.41 Å². The highest BCUT2D eigenvalue weighted by Gasteiger charge is 2.31. The van der Waals surface area contributed by atoms with Crippen LogP contribution in [0.15, 0.2) is 5.16 Å². The van der Waals surface area contributed by atoms with Crippen molar-refractivity contribution in [2.45, 2.75) is 27.0 Å². The fraction of sp³-hybridized carbons (Fsp3) is 0.900. The largest absolute Gasteiger partial charge is 0.368 e. The number of nitrogens with zero attached hydrogens (tertiary/aromatic N) is 3. The maximum Gasteiger partial charge on any atom is 0.213 e. The van der Waals surface area contributed by atoms with Gasteiger partial charge < -0.3 is 9.74 Å². The molecule has 0 aliphatic carbocycles. The molecule has 2 heterocycles. The van der Waals surface area contributed by atoms with Crippen LogP contribution >= 0.6 is 0 Å². The van der Waals surface area contributed by atoms with Crippen molar-refractivity contribution in [1.82, 2.24) is 9.80 Å². The van der Waals surface area contributed by atoms with E-state index in [1.54, 1.807) is 6.34 Å². The smallest absolute Gasteiger partial charge is 0.213 e. The molecule has 1 unspecified atom stereocenters. The first-order valence-electron chi connectivity index (χ1n) is 5.22. The standard InChI is InChI=1S/C10H19N3O/c1-10(2,3)7-12-4-5-13-8-11-14-9(13)6-12/h8-9H,4-7H2,1-3H3. The van der Waals surface area contributed by atoms with Gasteiger partial charge >= 0.3 is 0 Å². The zero-order valence-electron chi connectivity index (χ0n) is 9.23. The van der Waals surface area contributed by atoms with Gasteiger partial charge in [-0.3, -0.25) is 4.90 Å². The first-order valence-corrected chi connectivity index (χ1v) is 5.22. The van der Waals surface area contributed by atoms with Crippen molar-refractivity contribution >= 4 is 6.34 Å². The molecule has 0 bridgehead atoms. The Morgan fingerprint density at radius 3 is 2.93 bits per heavy atom. The molecular weight excluding hydrogens is 178 g/mol. The molecule has 0 N–H and O–H groups in total. The lowest BCUT2D eigenvalue weighted by molar-refractivity contribution is -0.0461. The first kappa shape index (κ1) is 9.77. The normalized spacial score (nSPS) is 27.6. The molecule has 14 heavy (non-hydrogen) atoms. The SMILES string of the molecule is CC(C)(C)CN1CCN2C=NOC2C1. The molecule has 80 valence electrons. The van der Waals surface area contributed by atoms with E-state index in [0.29, 0.717) is 5.41 Å². The summed E-state index contributed by atoms with van der Waals surface area (Å²) in [7, 11) is 0. The maximum absolute atomic E-state index is 5.26. The summed E-state index contributed by atoms with van der Waals surface area (Å²) < 4.78 is 0. The lowest BCUT2D eigenvalue weighted by Crippen LogP contribution is -2.52. The third-order valence-corrected chi connectivity index (χ3v) is 2.53. The molecule has 0 radical (unpaired) electrons. The van der Waals surface area contributed by atoms with E-state index >= 15 is 0 Å². The van der Waals surface area contributed by atoms with Crippen LogP contribution in [0.5, 0.6) is 0 Å². The Labute approximate surface area is 85.5 Å². The van der Waals surface area contributed by atoms with Crippen molar-refractivity contribution in [3.63, 3.8) is 0 Å². The molecule has 2 rings (SSSR count). The summed E-state index contributed by atoms with van der Waals surface area (Å²) in [6.45, 7) is 11.0. The van der Waals surface area contributed by atoms with Crippen LogP contribution in [-0.2, 0) is 4.84 Å². The van der Waals surface area contributed by atoms with Gasteiger partial charge in [0, 0.05) is 19.6 Å². The van der Waals surface area contributed by atoms with Gasteiger partial charge in [-0.2, -0.15) is 0 Å². The molecule has 0 aromatic carbocycles. The highest BCUT2D eigenvalue weighted by molar-refractivity contribution is 5.56. The first-order chi connectivity index (χ1) is 6.54. The summed E-state index contributed by atoms with van der Waals surface area (Å²) in [5.41, 5.74) is 0.363. The number of oxime groups is 1. The number of hydrogen-bond acceptors (Lipinski definition) is 4. The third-order valence-electron chi connectivity index (χ3n) is 2.53. The minimum Gasteiger partial charge on any atom is -0.368 e. The molecule has 0 amide bonds. The van der Waals surface area contributed by atoms with E-state index in [9.17, 15) is 0 Å². The summed E-state index contributed by atoms with van der Waals surface area (Å²) in [5.74, 6) is 0. The number of fused-ring (bicyclic) bond motifs is 1. The number of rotatable bonds is 1. The fourth-order valence-electron chi connectivity index (χ4n) is 2.02. The molecule has 4 nitrogen and oxygen atoms in total. The fourth-order valence-corrected chi connectivity index (χ4v) is 2.02. The Balaban J connectivity index is 1.87.